The van der Waals surface area contributed by atoms with Crippen LogP contribution in [0, 0.1) is 11.8 Å². The van der Waals surface area contributed by atoms with E-state index in [1.165, 1.54) is 32.1 Å². The Labute approximate surface area is 114 Å². The summed E-state index contributed by atoms with van der Waals surface area (Å²) in [5, 5.41) is 7.58. The third-order valence-corrected chi connectivity index (χ3v) is 4.25. The van der Waals surface area contributed by atoms with Crippen molar-refractivity contribution in [1.82, 2.24) is 14.6 Å². The first-order chi connectivity index (χ1) is 9.31. The molecule has 0 radical (unpaired) electrons. The summed E-state index contributed by atoms with van der Waals surface area (Å²) >= 11 is 0. The van der Waals surface area contributed by atoms with Crippen LogP contribution in [0.3, 0.4) is 0 Å². The zero-order valence-electron chi connectivity index (χ0n) is 11.5. The van der Waals surface area contributed by atoms with Gasteiger partial charge in [-0.2, -0.15) is 5.10 Å². The summed E-state index contributed by atoms with van der Waals surface area (Å²) in [6, 6.07) is 3.91. The number of anilines is 1. The van der Waals surface area contributed by atoms with Crippen LogP contribution in [-0.2, 0) is 0 Å². The van der Waals surface area contributed by atoms with E-state index in [-0.39, 0.29) is 0 Å². The van der Waals surface area contributed by atoms with Crippen LogP contribution in [0.25, 0.3) is 5.65 Å². The molecule has 1 aliphatic rings. The quantitative estimate of drug-likeness (QED) is 0.914. The van der Waals surface area contributed by atoms with Crippen molar-refractivity contribution < 1.29 is 0 Å². The SMILES string of the molecule is CC1CCC(CCNc2ccn3nccc3n2)CC1. The van der Waals surface area contributed by atoms with E-state index in [1.54, 1.807) is 10.7 Å². The van der Waals surface area contributed by atoms with E-state index < -0.39 is 0 Å². The Morgan fingerprint density at radius 2 is 2.11 bits per heavy atom. The second-order valence-electron chi connectivity index (χ2n) is 5.79. The summed E-state index contributed by atoms with van der Waals surface area (Å²) in [4.78, 5) is 4.52. The normalized spacial score (nSPS) is 23.6. The maximum atomic E-state index is 4.52. The monoisotopic (exact) mass is 258 g/mol. The van der Waals surface area contributed by atoms with Crippen molar-refractivity contribution in [2.45, 2.75) is 39.0 Å². The molecular formula is C15H22N4. The molecule has 0 atom stereocenters. The summed E-state index contributed by atoms with van der Waals surface area (Å²) in [7, 11) is 0. The van der Waals surface area contributed by atoms with E-state index in [0.29, 0.717) is 0 Å². The number of nitrogens with one attached hydrogen (secondary N) is 1. The zero-order valence-corrected chi connectivity index (χ0v) is 11.5. The maximum Gasteiger partial charge on any atom is 0.157 e. The smallest absolute Gasteiger partial charge is 0.157 e. The highest BCUT2D eigenvalue weighted by Gasteiger charge is 2.17. The first-order valence-electron chi connectivity index (χ1n) is 7.35. The number of hydrogen-bond donors (Lipinski definition) is 1. The molecule has 3 rings (SSSR count). The maximum absolute atomic E-state index is 4.52. The lowest BCUT2D eigenvalue weighted by Gasteiger charge is -2.26. The van der Waals surface area contributed by atoms with Crippen molar-refractivity contribution in [1.29, 1.82) is 0 Å². The van der Waals surface area contributed by atoms with E-state index in [1.807, 2.05) is 18.3 Å². The van der Waals surface area contributed by atoms with Gasteiger partial charge in [0.15, 0.2) is 5.65 Å². The Morgan fingerprint density at radius 3 is 2.95 bits per heavy atom. The van der Waals surface area contributed by atoms with Gasteiger partial charge >= 0.3 is 0 Å². The lowest BCUT2D eigenvalue weighted by molar-refractivity contribution is 0.282. The number of hydrogen-bond acceptors (Lipinski definition) is 3. The Hall–Kier alpha value is -1.58. The summed E-state index contributed by atoms with van der Waals surface area (Å²) < 4.78 is 1.79. The third-order valence-electron chi connectivity index (χ3n) is 4.25. The van der Waals surface area contributed by atoms with Gasteiger partial charge in [-0.25, -0.2) is 9.50 Å². The van der Waals surface area contributed by atoms with Gasteiger partial charge in [-0.1, -0.05) is 32.6 Å². The molecule has 0 saturated heterocycles. The Bertz CT molecular complexity index is 526. The van der Waals surface area contributed by atoms with Gasteiger partial charge in [0, 0.05) is 18.8 Å². The van der Waals surface area contributed by atoms with Gasteiger partial charge in [-0.3, -0.25) is 0 Å². The topological polar surface area (TPSA) is 42.2 Å². The number of fused-ring (bicyclic) bond motifs is 1. The molecule has 0 unspecified atom stereocenters. The summed E-state index contributed by atoms with van der Waals surface area (Å²) in [6.45, 7) is 3.40. The molecule has 4 heteroatoms. The molecule has 2 aromatic rings. The van der Waals surface area contributed by atoms with Gasteiger partial charge in [-0.05, 0) is 24.3 Å². The lowest BCUT2D eigenvalue weighted by Crippen LogP contribution is -2.16. The van der Waals surface area contributed by atoms with Gasteiger partial charge in [0.2, 0.25) is 0 Å². The fourth-order valence-corrected chi connectivity index (χ4v) is 2.93. The fraction of sp³-hybridized carbons (Fsp3) is 0.600. The third kappa shape index (κ3) is 3.06. The average molecular weight is 258 g/mol. The molecule has 1 fully saturated rings. The minimum atomic E-state index is 0.900. The molecule has 1 saturated carbocycles. The van der Waals surface area contributed by atoms with E-state index in [0.717, 1.165) is 29.8 Å². The molecule has 19 heavy (non-hydrogen) atoms. The second kappa shape index (κ2) is 5.59. The van der Waals surface area contributed by atoms with Crippen LogP contribution in [0.1, 0.15) is 39.0 Å². The molecule has 0 bridgehead atoms. The first kappa shape index (κ1) is 12.5. The van der Waals surface area contributed by atoms with Crippen molar-refractivity contribution in [3.05, 3.63) is 24.5 Å². The van der Waals surface area contributed by atoms with Gasteiger partial charge in [0.05, 0.1) is 6.20 Å². The van der Waals surface area contributed by atoms with Crippen molar-refractivity contribution in [2.75, 3.05) is 11.9 Å². The summed E-state index contributed by atoms with van der Waals surface area (Å²) in [5.41, 5.74) is 0.900. The van der Waals surface area contributed by atoms with E-state index >= 15 is 0 Å². The van der Waals surface area contributed by atoms with E-state index in [2.05, 4.69) is 22.3 Å². The lowest BCUT2D eigenvalue weighted by atomic mass is 9.81. The Balaban J connectivity index is 1.49. The fourth-order valence-electron chi connectivity index (χ4n) is 2.93. The second-order valence-corrected chi connectivity index (χ2v) is 5.79. The zero-order chi connectivity index (χ0) is 13.1. The highest BCUT2D eigenvalue weighted by atomic mass is 15.2. The standard InChI is InChI=1S/C15H22N4/c1-12-2-4-13(5-3-12)6-9-16-14-8-11-19-15(18-14)7-10-17-19/h7-8,10-13H,2-6,9H2,1H3,(H,16,18). The predicted molar refractivity (Wildman–Crippen MR) is 77.2 cm³/mol. The van der Waals surface area contributed by atoms with Crippen LogP contribution in [0.4, 0.5) is 5.82 Å². The Kier molecular flexibility index (Phi) is 3.67. The van der Waals surface area contributed by atoms with Gasteiger partial charge in [0.25, 0.3) is 0 Å². The highest BCUT2D eigenvalue weighted by molar-refractivity contribution is 5.45. The minimum absolute atomic E-state index is 0.900. The number of rotatable bonds is 4. The number of aromatic nitrogens is 3. The molecule has 0 amide bonds. The average Bonchev–Trinajstić information content (AvgIpc) is 2.88. The largest absolute Gasteiger partial charge is 0.370 e. The molecular weight excluding hydrogens is 236 g/mol. The van der Waals surface area contributed by atoms with Crippen molar-refractivity contribution in [3.63, 3.8) is 0 Å². The van der Waals surface area contributed by atoms with E-state index in [9.17, 15) is 0 Å². The van der Waals surface area contributed by atoms with Crippen LogP contribution in [0.15, 0.2) is 24.5 Å². The molecule has 0 aromatic carbocycles. The van der Waals surface area contributed by atoms with Crippen molar-refractivity contribution >= 4 is 11.5 Å². The number of nitrogens with zero attached hydrogens (tertiary/aromatic N) is 3. The highest BCUT2D eigenvalue weighted by Crippen LogP contribution is 2.30. The molecule has 1 aliphatic carbocycles. The van der Waals surface area contributed by atoms with E-state index in [4.69, 9.17) is 0 Å². The van der Waals surface area contributed by atoms with Crippen LogP contribution in [0.2, 0.25) is 0 Å². The molecule has 102 valence electrons. The summed E-state index contributed by atoms with van der Waals surface area (Å²) in [5.74, 6) is 2.80. The molecule has 0 aliphatic heterocycles. The van der Waals surface area contributed by atoms with Crippen molar-refractivity contribution in [3.8, 4) is 0 Å². The van der Waals surface area contributed by atoms with Crippen LogP contribution in [-0.4, -0.2) is 21.1 Å². The molecule has 4 nitrogen and oxygen atoms in total. The van der Waals surface area contributed by atoms with Crippen LogP contribution >= 0.6 is 0 Å². The van der Waals surface area contributed by atoms with Crippen molar-refractivity contribution in [2.24, 2.45) is 11.8 Å². The van der Waals surface area contributed by atoms with Crippen LogP contribution < -0.4 is 5.32 Å². The van der Waals surface area contributed by atoms with Gasteiger partial charge in [0.1, 0.15) is 5.82 Å². The molecule has 1 N–H and O–H groups in total. The van der Waals surface area contributed by atoms with Crippen LogP contribution in [0.5, 0.6) is 0 Å². The minimum Gasteiger partial charge on any atom is -0.370 e. The predicted octanol–water partition coefficient (Wildman–Crippen LogP) is 3.36. The Morgan fingerprint density at radius 1 is 1.26 bits per heavy atom. The van der Waals surface area contributed by atoms with Gasteiger partial charge < -0.3 is 5.32 Å². The van der Waals surface area contributed by atoms with Gasteiger partial charge in [-0.15, -0.1) is 0 Å². The molecule has 2 aromatic heterocycles. The summed E-state index contributed by atoms with van der Waals surface area (Å²) in [6.07, 6.45) is 10.6. The molecule has 0 spiro atoms. The molecule has 2 heterocycles. The first-order valence-corrected chi connectivity index (χ1v) is 7.35.